The number of ketones is 3. The fourth-order valence-electron chi connectivity index (χ4n) is 7.78. The van der Waals surface area contributed by atoms with Crippen LogP contribution >= 0.6 is 0 Å². The van der Waals surface area contributed by atoms with Crippen molar-refractivity contribution in [1.29, 1.82) is 0 Å². The highest BCUT2D eigenvalue weighted by Gasteiger charge is 2.46. The largest absolute Gasteiger partial charge is 0.466 e. The van der Waals surface area contributed by atoms with Crippen LogP contribution in [0, 0.1) is 0 Å². The Balaban J connectivity index is 0.000000403. The third-order valence-corrected chi connectivity index (χ3v) is 31.0. The quantitative estimate of drug-likeness (QED) is 0.0139. The van der Waals surface area contributed by atoms with E-state index in [0.717, 1.165) is 41.3 Å². The number of hydrogen-bond donors (Lipinski definition) is 4. The number of carbonyl (C=O) groups is 6. The molecule has 0 unspecified atom stereocenters. The van der Waals surface area contributed by atoms with E-state index in [0.29, 0.717) is 28.1 Å². The van der Waals surface area contributed by atoms with Crippen LogP contribution in [0.4, 0.5) is 0 Å². The first-order valence-electron chi connectivity index (χ1n) is 24.9. The molecule has 0 aromatic carbocycles. The van der Waals surface area contributed by atoms with Gasteiger partial charge in [-0.1, -0.05) is 41.5 Å². The summed E-state index contributed by atoms with van der Waals surface area (Å²) in [6.07, 6.45) is 22.7. The van der Waals surface area contributed by atoms with Gasteiger partial charge in [-0.15, -0.1) is 0 Å². The van der Waals surface area contributed by atoms with Crippen LogP contribution in [0.3, 0.4) is 0 Å². The lowest BCUT2D eigenvalue weighted by Gasteiger charge is -2.40. The zero-order valence-electron chi connectivity index (χ0n) is 47.7. The van der Waals surface area contributed by atoms with E-state index >= 15 is 0 Å². The number of allylic oxidation sites excluding steroid dienone is 3. The van der Waals surface area contributed by atoms with E-state index in [1.165, 1.54) is 85.6 Å². The molecule has 84 heavy (non-hydrogen) atoms. The second kappa shape index (κ2) is 40.8. The molecule has 2 amide bonds. The molecule has 6 rings (SSSR count). The topological polar surface area (TPSA) is 240 Å². The maximum Gasteiger partial charge on any atom is 0.330 e. The summed E-state index contributed by atoms with van der Waals surface area (Å²) in [5.41, 5.74) is 10.2. The molecule has 0 aliphatic rings. The van der Waals surface area contributed by atoms with Crippen molar-refractivity contribution in [2.45, 2.75) is 58.2 Å². The van der Waals surface area contributed by atoms with Gasteiger partial charge in [0.15, 0.2) is 17.3 Å². The minimum atomic E-state index is -2.17. The summed E-state index contributed by atoms with van der Waals surface area (Å²) in [6.45, 7) is 13.0. The van der Waals surface area contributed by atoms with Gasteiger partial charge in [-0.25, -0.2) is 15.8 Å². The summed E-state index contributed by atoms with van der Waals surface area (Å²) < 4.78 is 31.3. The fourth-order valence-corrected chi connectivity index (χ4v) is 26.5. The van der Waals surface area contributed by atoms with Crippen LogP contribution in [0.1, 0.15) is 107 Å². The normalized spacial score (nSPS) is 11.1. The smallest absolute Gasteiger partial charge is 0.330 e. The van der Waals surface area contributed by atoms with Crippen molar-refractivity contribution in [3.05, 3.63) is 179 Å². The molecule has 0 aliphatic heterocycles. The second-order valence-electron chi connectivity index (χ2n) is 17.6. The summed E-state index contributed by atoms with van der Waals surface area (Å²) in [6, 6.07) is 20.9. The minimum absolute atomic E-state index is 0.201. The van der Waals surface area contributed by atoms with Crippen molar-refractivity contribution in [2.24, 2.45) is 21.1 Å². The van der Waals surface area contributed by atoms with Gasteiger partial charge in [0.1, 0.15) is 0 Å². The second-order valence-corrected chi connectivity index (χ2v) is 35.4. The maximum absolute atomic E-state index is 12.4. The van der Waals surface area contributed by atoms with E-state index in [9.17, 15) is 28.8 Å². The van der Waals surface area contributed by atoms with Gasteiger partial charge < -0.3 is 41.3 Å². The van der Waals surface area contributed by atoms with Crippen molar-refractivity contribution < 1.29 is 61.6 Å². The maximum atomic E-state index is 12.4. The summed E-state index contributed by atoms with van der Waals surface area (Å²) in [4.78, 5) is 70.0. The molecule has 6 aromatic heterocycles. The first-order chi connectivity index (χ1) is 40.2. The first-order valence-corrected chi connectivity index (χ1v) is 37.7. The molecule has 0 aliphatic carbocycles. The SMILES string of the molecule is CC(C)[Si](ONC(=O)/C=C/c1ccc(/C=C/C(=O)c2ccco2)n1C)(C(C)C)C(C)C.CO.COC(=O)/C=C/c1ccc(/C=C/C(=O)c2ccco2)n1C.Cn1c(/C=C/C(=O)NO)ccc1/C=C/C(=O)c1ccco1.S=S=S=S=S=S=S=S=S. The van der Waals surface area contributed by atoms with Gasteiger partial charge >= 0.3 is 5.97 Å². The molecule has 28 heteroatoms. The molecular formula is C56H67N5O13S9Si. The highest BCUT2D eigenvalue weighted by molar-refractivity contribution is 8.72. The molecule has 6 heterocycles. The highest BCUT2D eigenvalue weighted by atomic mass is 33.4. The van der Waals surface area contributed by atoms with Crippen LogP contribution in [0.15, 0.2) is 141 Å². The van der Waals surface area contributed by atoms with E-state index < -0.39 is 20.2 Å². The molecule has 0 radical (unpaired) electrons. The number of aliphatic hydroxyl groups is 1. The zero-order chi connectivity index (χ0) is 62.6. The number of hydrogen-bond acceptors (Lipinski definition) is 15. The lowest BCUT2D eigenvalue weighted by molar-refractivity contribution is -0.134. The summed E-state index contributed by atoms with van der Waals surface area (Å²) in [5.74, 6) is -1.07. The number of nitrogens with one attached hydrogen (secondary N) is 2. The number of rotatable bonds is 20. The average molecular weight is 1330 g/mol. The van der Waals surface area contributed by atoms with Gasteiger partial charge in [0.05, 0.1) is 25.9 Å². The Morgan fingerprint density at radius 2 is 0.798 bits per heavy atom. The molecule has 6 aromatic rings. The lowest BCUT2D eigenvalue weighted by Crippen LogP contribution is -2.52. The van der Waals surface area contributed by atoms with Crippen molar-refractivity contribution >= 4 is 164 Å². The number of furan rings is 3. The van der Waals surface area contributed by atoms with E-state index in [1.807, 2.05) is 53.6 Å². The van der Waals surface area contributed by atoms with E-state index in [4.69, 9.17) is 28.1 Å². The van der Waals surface area contributed by atoms with Crippen LogP contribution < -0.4 is 11.0 Å². The number of ether oxygens (including phenoxy) is 1. The van der Waals surface area contributed by atoms with Crippen LogP contribution in [0.25, 0.3) is 36.5 Å². The Kier molecular flexibility index (Phi) is 35.8. The fraction of sp³-hybridized carbons (Fsp3) is 0.250. The van der Waals surface area contributed by atoms with Gasteiger partial charge in [-0.05, 0) is 144 Å². The summed E-state index contributed by atoms with van der Waals surface area (Å²) in [7, 11) is 16.6. The molecule has 0 bridgehead atoms. The number of aromatic nitrogens is 3. The van der Waals surface area contributed by atoms with Gasteiger partial charge in [0.2, 0.25) is 25.7 Å². The first kappa shape index (κ1) is 73.7. The van der Waals surface area contributed by atoms with Crippen molar-refractivity contribution in [1.82, 2.24) is 24.7 Å². The molecule has 452 valence electrons. The van der Waals surface area contributed by atoms with E-state index in [-0.39, 0.29) is 29.0 Å². The average Bonchev–Trinajstić information content (AvgIpc) is 4.41. The zero-order valence-corrected chi connectivity index (χ0v) is 56.1. The van der Waals surface area contributed by atoms with Crippen LogP contribution in [-0.4, -0.2) is 81.7 Å². The third kappa shape index (κ3) is 25.1. The molecular weight excluding hydrogens is 1270 g/mol. The standard InChI is InChI=1S/C24H34N2O4Si.C16H15NO4.C15H14N2O4.CH4O.S9/c1-17(2)31(18(3)4,19(5)6)30-25-24(28)15-13-21-11-10-20(26(21)7)12-14-22(27)23-9-8-16-29-23;1-17-12(5-6-13(17)8-10-16(19)20-2)7-9-14(18)15-4-3-11-21-15;1-17-11(4-5-12(17)7-9-15(19)16-20)6-8-13(18)14-3-2-10-21-14;1-2;1-3-5-7-9-8-6-4-2/h8-19H,1-7H3,(H,25,28);3-11H,1-2H3;2-10,20H,1H3,(H,16,19);2H,1H3;/b14-12+,15-13+;9-7+,10-8+;8-6+,9-7+;;. The van der Waals surface area contributed by atoms with Crippen LogP contribution in [-0.2, 0) is 129 Å². The number of methoxy groups -OCH3 is 1. The molecule has 4 N–H and O–H groups in total. The van der Waals surface area contributed by atoms with Gasteiger partial charge in [-0.2, -0.15) is 0 Å². The van der Waals surface area contributed by atoms with E-state index in [2.05, 4.69) is 74.1 Å². The summed E-state index contributed by atoms with van der Waals surface area (Å²) >= 11 is 9.27. The monoisotopic (exact) mass is 1330 g/mol. The molecule has 0 saturated carbocycles. The Bertz CT molecular complexity index is 3430. The van der Waals surface area contributed by atoms with Crippen LogP contribution in [0.5, 0.6) is 0 Å². The molecule has 0 saturated heterocycles. The predicted octanol–water partition coefficient (Wildman–Crippen LogP) is 10.1. The summed E-state index contributed by atoms with van der Waals surface area (Å²) in [5, 5.41) is 15.4. The molecule has 0 atom stereocenters. The number of amides is 2. The van der Waals surface area contributed by atoms with Crippen LogP contribution in [0.2, 0.25) is 16.6 Å². The van der Waals surface area contributed by atoms with Gasteiger partial charge in [0, 0.05) is 165 Å². The van der Waals surface area contributed by atoms with Gasteiger partial charge in [0.25, 0.3) is 11.8 Å². The van der Waals surface area contributed by atoms with Crippen molar-refractivity contribution in [2.75, 3.05) is 14.2 Å². The van der Waals surface area contributed by atoms with E-state index in [1.54, 1.807) is 135 Å². The minimum Gasteiger partial charge on any atom is -0.466 e. The predicted molar refractivity (Wildman–Crippen MR) is 356 cm³/mol. The Morgan fingerprint density at radius 3 is 1.07 bits per heavy atom. The van der Waals surface area contributed by atoms with Crippen molar-refractivity contribution in [3.63, 3.8) is 0 Å². The number of aliphatic hydroxyl groups excluding tert-OH is 1. The lowest BCUT2D eigenvalue weighted by atomic mass is 10.2. The third-order valence-electron chi connectivity index (χ3n) is 11.8. The Morgan fingerprint density at radius 1 is 0.500 bits per heavy atom. The number of hydroxylamine groups is 2. The molecule has 18 nitrogen and oxygen atoms in total. The molecule has 0 fully saturated rings. The number of nitrogens with zero attached hydrogens (tertiary/aromatic N) is 3. The number of carbonyl (C=O) groups excluding carboxylic acids is 6. The Labute approximate surface area is 519 Å². The molecule has 0 spiro atoms. The number of esters is 1. The Hall–Kier alpha value is -6.38. The van der Waals surface area contributed by atoms with Crippen molar-refractivity contribution in [3.8, 4) is 0 Å². The van der Waals surface area contributed by atoms with Gasteiger partial charge in [-0.3, -0.25) is 29.2 Å². The highest BCUT2D eigenvalue weighted by Crippen LogP contribution is 2.41.